The Labute approximate surface area is 99.9 Å². The van der Waals surface area contributed by atoms with Crippen LogP contribution in [0.4, 0.5) is 0 Å². The van der Waals surface area contributed by atoms with Gasteiger partial charge in [0.15, 0.2) is 0 Å². The van der Waals surface area contributed by atoms with E-state index in [4.69, 9.17) is 9.47 Å². The maximum absolute atomic E-state index is 5.67. The van der Waals surface area contributed by atoms with Gasteiger partial charge in [0.2, 0.25) is 0 Å². The molecular formula is C13H27NO2. The summed E-state index contributed by atoms with van der Waals surface area (Å²) in [4.78, 5) is 0. The maximum Gasteiger partial charge on any atom is 0.0534 e. The number of ether oxygens (including phenoxy) is 2. The number of nitrogens with one attached hydrogen (secondary N) is 1. The summed E-state index contributed by atoms with van der Waals surface area (Å²) in [6, 6.07) is 0. The molecular weight excluding hydrogens is 202 g/mol. The molecule has 1 fully saturated rings. The lowest BCUT2D eigenvalue weighted by Gasteiger charge is -2.37. The largest absolute Gasteiger partial charge is 0.385 e. The van der Waals surface area contributed by atoms with Crippen LogP contribution in [0.1, 0.15) is 39.0 Å². The Bertz CT molecular complexity index is 167. The molecule has 0 aromatic heterocycles. The molecule has 0 radical (unpaired) electrons. The third-order valence-electron chi connectivity index (χ3n) is 3.46. The average Bonchev–Trinajstić information content (AvgIpc) is 2.34. The molecule has 0 bridgehead atoms. The van der Waals surface area contributed by atoms with Gasteiger partial charge < -0.3 is 14.8 Å². The van der Waals surface area contributed by atoms with Crippen LogP contribution in [0.5, 0.6) is 0 Å². The van der Waals surface area contributed by atoms with Crippen molar-refractivity contribution in [3.63, 3.8) is 0 Å². The van der Waals surface area contributed by atoms with Gasteiger partial charge in [0.25, 0.3) is 0 Å². The van der Waals surface area contributed by atoms with E-state index < -0.39 is 0 Å². The van der Waals surface area contributed by atoms with E-state index >= 15 is 0 Å². The molecule has 0 spiro atoms. The molecule has 0 aromatic rings. The Kier molecular flexibility index (Phi) is 7.01. The van der Waals surface area contributed by atoms with Gasteiger partial charge in [-0.05, 0) is 32.2 Å². The van der Waals surface area contributed by atoms with Crippen LogP contribution < -0.4 is 5.32 Å². The van der Waals surface area contributed by atoms with Crippen molar-refractivity contribution >= 4 is 0 Å². The minimum absolute atomic E-state index is 0.391. The molecule has 96 valence electrons. The number of hydrogen-bond donors (Lipinski definition) is 1. The number of unbranched alkanes of at least 4 members (excludes halogenated alkanes) is 1. The summed E-state index contributed by atoms with van der Waals surface area (Å²) < 4.78 is 10.8. The van der Waals surface area contributed by atoms with E-state index in [2.05, 4.69) is 12.2 Å². The SMILES string of the molecule is CCNCC1(CCCCOC)CCCOC1. The highest BCUT2D eigenvalue weighted by molar-refractivity contribution is 4.83. The molecule has 1 saturated heterocycles. The average molecular weight is 229 g/mol. The smallest absolute Gasteiger partial charge is 0.0534 e. The molecule has 0 aliphatic carbocycles. The zero-order valence-corrected chi connectivity index (χ0v) is 10.9. The minimum atomic E-state index is 0.391. The summed E-state index contributed by atoms with van der Waals surface area (Å²) in [6.07, 6.45) is 6.22. The number of hydrogen-bond acceptors (Lipinski definition) is 3. The predicted molar refractivity (Wildman–Crippen MR) is 66.8 cm³/mol. The Balaban J connectivity index is 2.30. The molecule has 0 saturated carbocycles. The summed E-state index contributed by atoms with van der Waals surface area (Å²) in [5.41, 5.74) is 0.391. The second-order valence-electron chi connectivity index (χ2n) is 4.89. The fraction of sp³-hybridized carbons (Fsp3) is 1.00. The highest BCUT2D eigenvalue weighted by atomic mass is 16.5. The van der Waals surface area contributed by atoms with Crippen molar-refractivity contribution in [2.45, 2.75) is 39.0 Å². The molecule has 1 aliphatic heterocycles. The van der Waals surface area contributed by atoms with E-state index in [9.17, 15) is 0 Å². The highest BCUT2D eigenvalue weighted by Crippen LogP contribution is 2.33. The van der Waals surface area contributed by atoms with Crippen LogP contribution >= 0.6 is 0 Å². The lowest BCUT2D eigenvalue weighted by molar-refractivity contribution is -0.0137. The predicted octanol–water partition coefficient (Wildman–Crippen LogP) is 2.21. The second kappa shape index (κ2) is 8.04. The van der Waals surface area contributed by atoms with Crippen molar-refractivity contribution in [3.8, 4) is 0 Å². The Hall–Kier alpha value is -0.120. The minimum Gasteiger partial charge on any atom is -0.385 e. The molecule has 1 aliphatic rings. The van der Waals surface area contributed by atoms with Crippen molar-refractivity contribution in [2.75, 3.05) is 40.0 Å². The zero-order valence-electron chi connectivity index (χ0n) is 10.9. The lowest BCUT2D eigenvalue weighted by atomic mass is 9.78. The van der Waals surface area contributed by atoms with Crippen molar-refractivity contribution < 1.29 is 9.47 Å². The van der Waals surface area contributed by atoms with E-state index in [1.54, 1.807) is 7.11 Å². The molecule has 1 rings (SSSR count). The van der Waals surface area contributed by atoms with E-state index in [1.165, 1.54) is 32.1 Å². The first-order chi connectivity index (χ1) is 7.83. The summed E-state index contributed by atoms with van der Waals surface area (Å²) in [5, 5.41) is 3.49. The van der Waals surface area contributed by atoms with Crippen molar-refractivity contribution in [1.29, 1.82) is 0 Å². The lowest BCUT2D eigenvalue weighted by Crippen LogP contribution is -2.41. The van der Waals surface area contributed by atoms with Crippen LogP contribution in [-0.4, -0.2) is 40.0 Å². The number of rotatable bonds is 8. The van der Waals surface area contributed by atoms with Gasteiger partial charge in [-0.2, -0.15) is 0 Å². The monoisotopic (exact) mass is 229 g/mol. The maximum atomic E-state index is 5.67. The fourth-order valence-corrected chi connectivity index (χ4v) is 2.47. The molecule has 1 atom stereocenters. The third kappa shape index (κ3) is 4.81. The van der Waals surface area contributed by atoms with Gasteiger partial charge in [-0.1, -0.05) is 13.3 Å². The Morgan fingerprint density at radius 2 is 2.25 bits per heavy atom. The summed E-state index contributed by atoms with van der Waals surface area (Å²) >= 11 is 0. The van der Waals surface area contributed by atoms with Crippen LogP contribution in [0.25, 0.3) is 0 Å². The van der Waals surface area contributed by atoms with Gasteiger partial charge in [-0.15, -0.1) is 0 Å². The van der Waals surface area contributed by atoms with E-state index in [-0.39, 0.29) is 0 Å². The van der Waals surface area contributed by atoms with Crippen LogP contribution in [-0.2, 0) is 9.47 Å². The third-order valence-corrected chi connectivity index (χ3v) is 3.46. The number of methoxy groups -OCH3 is 1. The highest BCUT2D eigenvalue weighted by Gasteiger charge is 2.31. The molecule has 16 heavy (non-hydrogen) atoms. The summed E-state index contributed by atoms with van der Waals surface area (Å²) in [6.45, 7) is 7.11. The first kappa shape index (κ1) is 13.9. The summed E-state index contributed by atoms with van der Waals surface area (Å²) in [7, 11) is 1.78. The van der Waals surface area contributed by atoms with Gasteiger partial charge >= 0.3 is 0 Å². The molecule has 0 amide bonds. The first-order valence-electron chi connectivity index (χ1n) is 6.60. The molecule has 1 unspecified atom stereocenters. The topological polar surface area (TPSA) is 30.5 Å². The van der Waals surface area contributed by atoms with Crippen molar-refractivity contribution in [2.24, 2.45) is 5.41 Å². The molecule has 3 nitrogen and oxygen atoms in total. The zero-order chi connectivity index (χ0) is 11.7. The Morgan fingerprint density at radius 3 is 2.88 bits per heavy atom. The van der Waals surface area contributed by atoms with E-state index in [0.717, 1.165) is 32.9 Å². The van der Waals surface area contributed by atoms with Gasteiger partial charge in [-0.3, -0.25) is 0 Å². The van der Waals surface area contributed by atoms with E-state index in [1.807, 2.05) is 0 Å². The second-order valence-corrected chi connectivity index (χ2v) is 4.89. The molecule has 1 heterocycles. The van der Waals surface area contributed by atoms with E-state index in [0.29, 0.717) is 5.41 Å². The Morgan fingerprint density at radius 1 is 1.38 bits per heavy atom. The van der Waals surface area contributed by atoms with Crippen LogP contribution in [0.3, 0.4) is 0 Å². The van der Waals surface area contributed by atoms with Gasteiger partial charge in [-0.25, -0.2) is 0 Å². The van der Waals surface area contributed by atoms with Gasteiger partial charge in [0, 0.05) is 32.3 Å². The fourth-order valence-electron chi connectivity index (χ4n) is 2.47. The van der Waals surface area contributed by atoms with Crippen molar-refractivity contribution in [1.82, 2.24) is 5.32 Å². The van der Waals surface area contributed by atoms with Gasteiger partial charge in [0.1, 0.15) is 0 Å². The van der Waals surface area contributed by atoms with Crippen molar-refractivity contribution in [3.05, 3.63) is 0 Å². The standard InChI is InChI=1S/C13H27NO2/c1-3-14-11-13(7-4-5-9-15-2)8-6-10-16-12-13/h14H,3-12H2,1-2H3. The summed E-state index contributed by atoms with van der Waals surface area (Å²) in [5.74, 6) is 0. The van der Waals surface area contributed by atoms with Crippen LogP contribution in [0.15, 0.2) is 0 Å². The van der Waals surface area contributed by atoms with Crippen LogP contribution in [0, 0.1) is 5.41 Å². The normalized spacial score (nSPS) is 25.9. The first-order valence-corrected chi connectivity index (χ1v) is 6.60. The molecule has 0 aromatic carbocycles. The molecule has 3 heteroatoms. The molecule has 1 N–H and O–H groups in total. The van der Waals surface area contributed by atoms with Gasteiger partial charge in [0.05, 0.1) is 6.61 Å². The quantitative estimate of drug-likeness (QED) is 0.647. The van der Waals surface area contributed by atoms with Crippen LogP contribution in [0.2, 0.25) is 0 Å².